The molecule has 11 heteroatoms. The Hall–Kier alpha value is -2.88. The average Bonchev–Trinajstić information content (AvgIpc) is 3.23. The maximum atomic E-state index is 13.6. The van der Waals surface area contributed by atoms with E-state index in [1.165, 1.54) is 17.0 Å². The molecule has 182 valence electrons. The monoisotopic (exact) mass is 533 g/mol. The molecule has 2 aliphatic rings. The van der Waals surface area contributed by atoms with Gasteiger partial charge in [-0.1, -0.05) is 35.3 Å². The van der Waals surface area contributed by atoms with Crippen LogP contribution in [0.15, 0.2) is 66.1 Å². The van der Waals surface area contributed by atoms with E-state index in [-0.39, 0.29) is 28.8 Å². The molecule has 35 heavy (non-hydrogen) atoms. The minimum atomic E-state index is -4.01. The van der Waals surface area contributed by atoms with Gasteiger partial charge in [0.25, 0.3) is 0 Å². The molecule has 1 aromatic heterocycles. The molecule has 5 rings (SSSR count). The van der Waals surface area contributed by atoms with Crippen molar-refractivity contribution in [2.45, 2.75) is 40.9 Å². The normalized spacial score (nSPS) is 21.1. The van der Waals surface area contributed by atoms with Crippen LogP contribution in [0.4, 0.5) is 0 Å². The lowest BCUT2D eigenvalue weighted by molar-refractivity contribution is -0.149. The van der Waals surface area contributed by atoms with Gasteiger partial charge >= 0.3 is 5.97 Å². The number of carbonyl (C=O) groups is 2. The number of amides is 1. The molecule has 2 heterocycles. The molecule has 1 saturated carbocycles. The SMILES string of the molecule is O=C(O)[C@@H]1C[C@@H](S(=O)(=O)c2ccc(-n3ccnc3)cc2Cl)CN1C(=O)C1(c2ccc(Cl)cc2)CC1. The number of nitrogens with zero attached hydrogens (tertiary/aromatic N) is 3. The van der Waals surface area contributed by atoms with Gasteiger partial charge in [-0.3, -0.25) is 4.79 Å². The molecule has 0 radical (unpaired) electrons. The van der Waals surface area contributed by atoms with Crippen LogP contribution in [0.25, 0.3) is 5.69 Å². The molecule has 2 fully saturated rings. The molecule has 1 amide bonds. The van der Waals surface area contributed by atoms with Crippen LogP contribution in [0, 0.1) is 0 Å². The topological polar surface area (TPSA) is 110 Å². The highest BCUT2D eigenvalue weighted by atomic mass is 35.5. The average molecular weight is 534 g/mol. The van der Waals surface area contributed by atoms with E-state index < -0.39 is 32.5 Å². The first-order valence-electron chi connectivity index (χ1n) is 11.0. The lowest BCUT2D eigenvalue weighted by Crippen LogP contribution is -2.46. The van der Waals surface area contributed by atoms with Crippen LogP contribution in [0.5, 0.6) is 0 Å². The summed E-state index contributed by atoms with van der Waals surface area (Å²) in [6.45, 7) is -0.215. The minimum absolute atomic E-state index is 0.0210. The van der Waals surface area contributed by atoms with E-state index in [2.05, 4.69) is 4.98 Å². The van der Waals surface area contributed by atoms with Gasteiger partial charge in [0.05, 0.1) is 26.9 Å². The van der Waals surface area contributed by atoms with E-state index in [0.717, 1.165) is 5.56 Å². The van der Waals surface area contributed by atoms with Crippen LogP contribution >= 0.6 is 23.2 Å². The van der Waals surface area contributed by atoms with Gasteiger partial charge in [-0.15, -0.1) is 0 Å². The Labute approximate surface area is 212 Å². The van der Waals surface area contributed by atoms with E-state index >= 15 is 0 Å². The molecule has 1 aliphatic heterocycles. The fraction of sp³-hybridized carbons (Fsp3) is 0.292. The molecular formula is C24H21Cl2N3O5S. The number of halogens is 2. The number of carbonyl (C=O) groups excluding carboxylic acids is 1. The Bertz CT molecular complexity index is 1400. The zero-order valence-electron chi connectivity index (χ0n) is 18.3. The third kappa shape index (κ3) is 4.11. The van der Waals surface area contributed by atoms with E-state index in [4.69, 9.17) is 23.2 Å². The number of hydrogen-bond acceptors (Lipinski definition) is 5. The summed E-state index contributed by atoms with van der Waals surface area (Å²) in [6.07, 6.45) is 5.77. The van der Waals surface area contributed by atoms with Crippen LogP contribution in [-0.4, -0.2) is 57.7 Å². The largest absolute Gasteiger partial charge is 0.480 e. The fourth-order valence-corrected chi connectivity index (χ4v) is 7.11. The number of carboxylic acids is 1. The Morgan fingerprint density at radius 3 is 2.37 bits per heavy atom. The zero-order valence-corrected chi connectivity index (χ0v) is 20.7. The summed E-state index contributed by atoms with van der Waals surface area (Å²) in [5.41, 5.74) is 0.540. The quantitative estimate of drug-likeness (QED) is 0.516. The lowest BCUT2D eigenvalue weighted by atomic mass is 9.94. The number of rotatable bonds is 6. The summed E-state index contributed by atoms with van der Waals surface area (Å²) >= 11 is 12.3. The van der Waals surface area contributed by atoms with Gasteiger partial charge in [0.15, 0.2) is 9.84 Å². The lowest BCUT2D eigenvalue weighted by Gasteiger charge is -2.27. The van der Waals surface area contributed by atoms with Crippen LogP contribution in [-0.2, 0) is 24.8 Å². The van der Waals surface area contributed by atoms with E-state index in [0.29, 0.717) is 23.6 Å². The highest BCUT2D eigenvalue weighted by molar-refractivity contribution is 7.92. The number of likely N-dealkylation sites (tertiary alicyclic amines) is 1. The van der Waals surface area contributed by atoms with Crippen molar-refractivity contribution in [3.05, 3.63) is 76.8 Å². The van der Waals surface area contributed by atoms with Crippen LogP contribution in [0.2, 0.25) is 10.0 Å². The molecule has 3 aromatic rings. The second-order valence-corrected chi connectivity index (χ2v) is 11.9. The molecule has 8 nitrogen and oxygen atoms in total. The number of aliphatic carboxylic acids is 1. The molecule has 0 bridgehead atoms. The third-order valence-corrected chi connectivity index (χ3v) is 9.69. The van der Waals surface area contributed by atoms with Crippen LogP contribution in [0.1, 0.15) is 24.8 Å². The minimum Gasteiger partial charge on any atom is -0.480 e. The highest BCUT2D eigenvalue weighted by Gasteiger charge is 2.57. The van der Waals surface area contributed by atoms with Crippen molar-refractivity contribution in [2.24, 2.45) is 0 Å². The molecule has 2 aromatic carbocycles. The molecular weight excluding hydrogens is 513 g/mol. The van der Waals surface area contributed by atoms with Crippen molar-refractivity contribution in [2.75, 3.05) is 6.54 Å². The summed E-state index contributed by atoms with van der Waals surface area (Å²) in [5.74, 6) is -1.60. The number of hydrogen-bond donors (Lipinski definition) is 1. The van der Waals surface area contributed by atoms with E-state index in [1.54, 1.807) is 53.6 Å². The van der Waals surface area contributed by atoms with Gasteiger partial charge in [-0.25, -0.2) is 18.2 Å². The Kier molecular flexibility index (Phi) is 5.89. The van der Waals surface area contributed by atoms with Gasteiger partial charge < -0.3 is 14.6 Å². The summed E-state index contributed by atoms with van der Waals surface area (Å²) in [6, 6.07) is 10.2. The summed E-state index contributed by atoms with van der Waals surface area (Å²) in [4.78, 5) is 30.7. The maximum absolute atomic E-state index is 13.6. The first-order valence-corrected chi connectivity index (χ1v) is 13.3. The second kappa shape index (κ2) is 8.65. The van der Waals surface area contributed by atoms with E-state index in [9.17, 15) is 23.1 Å². The number of imidazole rings is 1. The summed E-state index contributed by atoms with van der Waals surface area (Å²) in [7, 11) is -4.01. The number of carboxylic acid groups (broad SMARTS) is 1. The first kappa shape index (κ1) is 23.8. The second-order valence-electron chi connectivity index (χ2n) is 8.89. The number of benzene rings is 2. The van der Waals surface area contributed by atoms with Gasteiger partial charge in [0, 0.05) is 29.6 Å². The first-order chi connectivity index (χ1) is 16.6. The van der Waals surface area contributed by atoms with E-state index in [1.807, 2.05) is 0 Å². The van der Waals surface area contributed by atoms with Gasteiger partial charge in [0.2, 0.25) is 5.91 Å². The number of sulfone groups is 1. The van der Waals surface area contributed by atoms with Crippen LogP contribution in [0.3, 0.4) is 0 Å². The smallest absolute Gasteiger partial charge is 0.326 e. The maximum Gasteiger partial charge on any atom is 0.326 e. The zero-order chi connectivity index (χ0) is 25.0. The van der Waals surface area contributed by atoms with Gasteiger partial charge in [0.1, 0.15) is 6.04 Å². The molecule has 1 N–H and O–H groups in total. The molecule has 2 atom stereocenters. The van der Waals surface area contributed by atoms with Crippen molar-refractivity contribution < 1.29 is 23.1 Å². The predicted octanol–water partition coefficient (Wildman–Crippen LogP) is 3.74. The number of aromatic nitrogens is 2. The standard InChI is InChI=1S/C24H21Cl2N3O5S/c25-16-3-1-15(2-4-16)24(7-8-24)23(32)29-13-18(12-20(29)22(30)31)35(33,34)21-6-5-17(11-19(21)26)28-10-9-27-14-28/h1-6,9-11,14,18,20H,7-8,12-13H2,(H,30,31)/t18-,20+/m1/s1. The van der Waals surface area contributed by atoms with Crippen LogP contribution < -0.4 is 0 Å². The van der Waals surface area contributed by atoms with Gasteiger partial charge in [-0.2, -0.15) is 0 Å². The molecule has 1 aliphatic carbocycles. The third-order valence-electron chi connectivity index (χ3n) is 6.83. The van der Waals surface area contributed by atoms with Gasteiger partial charge in [-0.05, 0) is 55.2 Å². The summed E-state index contributed by atoms with van der Waals surface area (Å²) in [5, 5.41) is 9.30. The molecule has 0 spiro atoms. The van der Waals surface area contributed by atoms with Crippen molar-refractivity contribution >= 4 is 44.9 Å². The summed E-state index contributed by atoms with van der Waals surface area (Å²) < 4.78 is 28.7. The molecule has 0 unspecified atom stereocenters. The highest BCUT2D eigenvalue weighted by Crippen LogP contribution is 2.51. The van der Waals surface area contributed by atoms with Crippen molar-refractivity contribution in [1.82, 2.24) is 14.5 Å². The Morgan fingerprint density at radius 2 is 1.80 bits per heavy atom. The fourth-order valence-electron chi connectivity index (χ4n) is 4.75. The van der Waals surface area contributed by atoms with Crippen molar-refractivity contribution in [1.29, 1.82) is 0 Å². The Balaban J connectivity index is 1.43. The molecule has 1 saturated heterocycles. The predicted molar refractivity (Wildman–Crippen MR) is 130 cm³/mol. The van der Waals surface area contributed by atoms with Crippen molar-refractivity contribution in [3.8, 4) is 5.69 Å². The Morgan fingerprint density at radius 1 is 1.09 bits per heavy atom. The van der Waals surface area contributed by atoms with Crippen molar-refractivity contribution in [3.63, 3.8) is 0 Å².